The van der Waals surface area contributed by atoms with Gasteiger partial charge in [-0.1, -0.05) is 30.3 Å². The highest BCUT2D eigenvalue weighted by Gasteiger charge is 2.36. The van der Waals surface area contributed by atoms with Crippen LogP contribution in [0.25, 0.3) is 0 Å². The number of rotatable bonds is 9. The zero-order valence-electron chi connectivity index (χ0n) is 18.3. The predicted octanol–water partition coefficient (Wildman–Crippen LogP) is -1.98. The van der Waals surface area contributed by atoms with Crippen LogP contribution >= 0.6 is 0 Å². The number of hydrogen-bond acceptors (Lipinski definition) is 6. The second-order valence-electron chi connectivity index (χ2n) is 7.68. The molecule has 1 aliphatic heterocycles. The van der Waals surface area contributed by atoms with Crippen molar-refractivity contribution in [3.8, 4) is 23.0 Å². The van der Waals surface area contributed by atoms with Crippen molar-refractivity contribution in [2.24, 2.45) is 0 Å². The summed E-state index contributed by atoms with van der Waals surface area (Å²) in [4.78, 5) is 1.26. The topological polar surface area (TPSA) is 81.8 Å². The molecule has 1 heterocycles. The SMILES string of the molecule is COc1cc(OCC(O)C[NH+]2CCC(O)(c3ccccc3)CC2)cc(OC)c1OC.[Cl-]. The van der Waals surface area contributed by atoms with Crippen molar-refractivity contribution in [2.45, 2.75) is 24.5 Å². The van der Waals surface area contributed by atoms with Crippen LogP contribution in [0.3, 0.4) is 0 Å². The number of halogens is 1. The molecule has 0 aliphatic carbocycles. The lowest BCUT2D eigenvalue weighted by atomic mass is 9.84. The summed E-state index contributed by atoms with van der Waals surface area (Å²) < 4.78 is 21.7. The highest BCUT2D eigenvalue weighted by Crippen LogP contribution is 2.40. The summed E-state index contributed by atoms with van der Waals surface area (Å²) in [6.07, 6.45) is 0.724. The summed E-state index contributed by atoms with van der Waals surface area (Å²) in [5, 5.41) is 21.4. The van der Waals surface area contributed by atoms with E-state index in [1.54, 1.807) is 33.5 Å². The lowest BCUT2D eigenvalue weighted by molar-refractivity contribution is -0.910. The Morgan fingerprint density at radius 2 is 1.55 bits per heavy atom. The second-order valence-corrected chi connectivity index (χ2v) is 7.68. The van der Waals surface area contributed by atoms with Crippen LogP contribution in [-0.4, -0.2) is 63.9 Å². The third-order valence-corrected chi connectivity index (χ3v) is 5.70. The van der Waals surface area contributed by atoms with Gasteiger partial charge in [0.05, 0.1) is 34.4 Å². The zero-order valence-corrected chi connectivity index (χ0v) is 19.0. The fourth-order valence-electron chi connectivity index (χ4n) is 3.98. The molecule has 0 amide bonds. The summed E-state index contributed by atoms with van der Waals surface area (Å²) in [5.41, 5.74) is 0.193. The Morgan fingerprint density at radius 3 is 2.06 bits per heavy atom. The maximum Gasteiger partial charge on any atom is 0.203 e. The minimum Gasteiger partial charge on any atom is -1.00 e. The van der Waals surface area contributed by atoms with E-state index in [0.29, 0.717) is 42.4 Å². The Bertz CT molecular complexity index is 786. The van der Waals surface area contributed by atoms with Gasteiger partial charge < -0.3 is 46.5 Å². The molecule has 0 bridgehead atoms. The van der Waals surface area contributed by atoms with Gasteiger partial charge in [0.25, 0.3) is 0 Å². The van der Waals surface area contributed by atoms with E-state index in [2.05, 4.69) is 0 Å². The van der Waals surface area contributed by atoms with Crippen LogP contribution in [0.15, 0.2) is 42.5 Å². The normalized spacial score (nSPS) is 21.5. The van der Waals surface area contributed by atoms with E-state index in [9.17, 15) is 10.2 Å². The standard InChI is InChI=1S/C23H31NO6.ClH/c1-27-20-13-19(14-21(28-2)22(20)29-3)30-16-18(25)15-24-11-9-23(26,10-12-24)17-7-5-4-6-8-17;/h4-8,13-14,18,25-26H,9-12,15-16H2,1-3H3;1H. The summed E-state index contributed by atoms with van der Waals surface area (Å²) in [6.45, 7) is 2.32. The number of aliphatic hydroxyl groups is 2. The number of ether oxygens (including phenoxy) is 4. The average Bonchev–Trinajstić information content (AvgIpc) is 2.79. The first kappa shape index (κ1) is 25.1. The molecule has 2 aromatic carbocycles. The quantitative estimate of drug-likeness (QED) is 0.408. The van der Waals surface area contributed by atoms with Crippen LogP contribution in [0.5, 0.6) is 23.0 Å². The van der Waals surface area contributed by atoms with E-state index < -0.39 is 11.7 Å². The van der Waals surface area contributed by atoms with Crippen molar-refractivity contribution in [3.63, 3.8) is 0 Å². The molecular formula is C23H32ClNO6. The van der Waals surface area contributed by atoms with E-state index in [4.69, 9.17) is 18.9 Å². The lowest BCUT2D eigenvalue weighted by Gasteiger charge is -2.36. The van der Waals surface area contributed by atoms with Gasteiger partial charge in [0.2, 0.25) is 5.75 Å². The molecule has 1 aliphatic rings. The van der Waals surface area contributed by atoms with Crippen LogP contribution in [0.2, 0.25) is 0 Å². The fraction of sp³-hybridized carbons (Fsp3) is 0.478. The first-order chi connectivity index (χ1) is 14.5. The van der Waals surface area contributed by atoms with Gasteiger partial charge in [0.1, 0.15) is 30.6 Å². The number of likely N-dealkylation sites (tertiary alicyclic amines) is 1. The lowest BCUT2D eigenvalue weighted by Crippen LogP contribution is -3.14. The number of piperidine rings is 1. The van der Waals surface area contributed by atoms with E-state index in [0.717, 1.165) is 18.7 Å². The Labute approximate surface area is 189 Å². The summed E-state index contributed by atoms with van der Waals surface area (Å²) in [6, 6.07) is 13.2. The number of methoxy groups -OCH3 is 3. The molecule has 172 valence electrons. The fourth-order valence-corrected chi connectivity index (χ4v) is 3.98. The van der Waals surface area contributed by atoms with E-state index in [-0.39, 0.29) is 19.0 Å². The molecule has 1 fully saturated rings. The zero-order chi connectivity index (χ0) is 21.6. The first-order valence-electron chi connectivity index (χ1n) is 10.2. The molecule has 1 saturated heterocycles. The molecule has 1 atom stereocenters. The molecule has 0 spiro atoms. The minimum absolute atomic E-state index is 0. The average molecular weight is 454 g/mol. The van der Waals surface area contributed by atoms with Crippen molar-refractivity contribution in [1.82, 2.24) is 0 Å². The van der Waals surface area contributed by atoms with Crippen molar-refractivity contribution in [1.29, 1.82) is 0 Å². The van der Waals surface area contributed by atoms with Crippen molar-refractivity contribution < 1.29 is 46.5 Å². The van der Waals surface area contributed by atoms with Crippen LogP contribution in [-0.2, 0) is 5.60 Å². The van der Waals surface area contributed by atoms with Crippen molar-refractivity contribution in [2.75, 3.05) is 47.6 Å². The van der Waals surface area contributed by atoms with Crippen molar-refractivity contribution in [3.05, 3.63) is 48.0 Å². The number of aliphatic hydroxyl groups excluding tert-OH is 1. The summed E-state index contributed by atoms with van der Waals surface area (Å²) in [7, 11) is 4.64. The number of nitrogens with one attached hydrogen (secondary N) is 1. The molecule has 3 rings (SSSR count). The third-order valence-electron chi connectivity index (χ3n) is 5.70. The van der Waals surface area contributed by atoms with Gasteiger partial charge in [-0.15, -0.1) is 0 Å². The number of hydrogen-bond donors (Lipinski definition) is 3. The summed E-state index contributed by atoms with van der Waals surface area (Å²) >= 11 is 0. The number of benzene rings is 2. The van der Waals surface area contributed by atoms with Crippen LogP contribution in [0.1, 0.15) is 18.4 Å². The van der Waals surface area contributed by atoms with Gasteiger partial charge in [-0.05, 0) is 5.56 Å². The molecule has 31 heavy (non-hydrogen) atoms. The van der Waals surface area contributed by atoms with Gasteiger partial charge in [-0.25, -0.2) is 0 Å². The summed E-state index contributed by atoms with van der Waals surface area (Å²) in [5.74, 6) is 2.04. The molecule has 7 nitrogen and oxygen atoms in total. The second kappa shape index (κ2) is 11.4. The van der Waals surface area contributed by atoms with Crippen LogP contribution < -0.4 is 36.3 Å². The van der Waals surface area contributed by atoms with Crippen LogP contribution in [0.4, 0.5) is 0 Å². The molecule has 1 unspecified atom stereocenters. The van der Waals surface area contributed by atoms with Crippen LogP contribution in [0, 0.1) is 0 Å². The van der Waals surface area contributed by atoms with Gasteiger partial charge in [-0.3, -0.25) is 0 Å². The van der Waals surface area contributed by atoms with Crippen molar-refractivity contribution >= 4 is 0 Å². The molecule has 0 aromatic heterocycles. The highest BCUT2D eigenvalue weighted by atomic mass is 35.5. The Balaban J connectivity index is 0.00000341. The molecular weight excluding hydrogens is 422 g/mol. The molecule has 0 radical (unpaired) electrons. The third kappa shape index (κ3) is 6.17. The Hall–Kier alpha value is -2.19. The minimum atomic E-state index is -0.775. The maximum absolute atomic E-state index is 11.0. The molecule has 3 N–H and O–H groups in total. The monoisotopic (exact) mass is 453 g/mol. The molecule has 2 aromatic rings. The molecule has 8 heteroatoms. The smallest absolute Gasteiger partial charge is 0.203 e. The number of quaternary nitrogens is 1. The molecule has 0 saturated carbocycles. The maximum atomic E-state index is 11.0. The largest absolute Gasteiger partial charge is 1.00 e. The van der Waals surface area contributed by atoms with Gasteiger partial charge in [-0.2, -0.15) is 0 Å². The highest BCUT2D eigenvalue weighted by molar-refractivity contribution is 5.55. The van der Waals surface area contributed by atoms with Gasteiger partial charge in [0, 0.05) is 25.0 Å². The Morgan fingerprint density at radius 1 is 0.968 bits per heavy atom. The van der Waals surface area contributed by atoms with Gasteiger partial charge in [0.15, 0.2) is 11.5 Å². The predicted molar refractivity (Wildman–Crippen MR) is 113 cm³/mol. The Kier molecular flexibility index (Phi) is 9.25. The van der Waals surface area contributed by atoms with Gasteiger partial charge >= 0.3 is 0 Å². The van der Waals surface area contributed by atoms with E-state index >= 15 is 0 Å². The van der Waals surface area contributed by atoms with E-state index in [1.165, 1.54) is 4.90 Å². The van der Waals surface area contributed by atoms with E-state index in [1.807, 2.05) is 30.3 Å². The first-order valence-corrected chi connectivity index (χ1v) is 10.2.